The molecule has 0 saturated carbocycles. The van der Waals surface area contributed by atoms with Crippen LogP contribution in [0.25, 0.3) is 0 Å². The number of nitrogens with one attached hydrogen (secondary N) is 1. The maximum Gasteiger partial charge on any atom is 0.244 e. The van der Waals surface area contributed by atoms with Crippen LogP contribution in [-0.4, -0.2) is 50.0 Å². The quantitative estimate of drug-likeness (QED) is 0.577. The van der Waals surface area contributed by atoms with Gasteiger partial charge in [-0.05, 0) is 63.4 Å². The first-order valence-corrected chi connectivity index (χ1v) is 12.9. The highest BCUT2D eigenvalue weighted by Crippen LogP contribution is 2.27. The minimum atomic E-state index is -3.77. The Morgan fingerprint density at radius 1 is 1.00 bits per heavy atom. The molecule has 0 aliphatic heterocycles. The third kappa shape index (κ3) is 7.20. The third-order valence-electron chi connectivity index (χ3n) is 5.23. The minimum absolute atomic E-state index is 0.102. The zero-order chi connectivity index (χ0) is 24.9. The Bertz CT molecular complexity index is 1080. The molecule has 9 heteroatoms. The number of sulfonamides is 1. The monoisotopic (exact) mass is 493 g/mol. The lowest BCUT2D eigenvalue weighted by Crippen LogP contribution is -2.52. The zero-order valence-corrected chi connectivity index (χ0v) is 21.5. The molecule has 0 radical (unpaired) electrons. The van der Waals surface area contributed by atoms with Crippen molar-refractivity contribution in [2.45, 2.75) is 53.2 Å². The standard InChI is InChI=1S/C24H32ClN3O4S/c1-16(2)26-24(30)19(5)27(14-20-10-12-21(25)13-11-20)22(29)15-28(33(6,31)32)23-17(3)8-7-9-18(23)4/h7-13,16,19H,14-15H2,1-6H3,(H,26,30). The van der Waals surface area contributed by atoms with E-state index in [2.05, 4.69) is 5.32 Å². The Balaban J connectivity index is 2.44. The summed E-state index contributed by atoms with van der Waals surface area (Å²) in [5.74, 6) is -0.797. The molecule has 0 heterocycles. The van der Waals surface area contributed by atoms with Crippen molar-refractivity contribution in [1.82, 2.24) is 10.2 Å². The summed E-state index contributed by atoms with van der Waals surface area (Å²) < 4.78 is 26.5. The molecule has 2 amide bonds. The second-order valence-corrected chi connectivity index (χ2v) is 10.8. The second-order valence-electron chi connectivity index (χ2n) is 8.50. The lowest BCUT2D eigenvalue weighted by atomic mass is 10.1. The number of aryl methyl sites for hydroxylation is 2. The van der Waals surface area contributed by atoms with Crippen molar-refractivity contribution < 1.29 is 18.0 Å². The van der Waals surface area contributed by atoms with Crippen LogP contribution in [0.4, 0.5) is 5.69 Å². The fourth-order valence-corrected chi connectivity index (χ4v) is 4.64. The Labute approximate surface area is 201 Å². The van der Waals surface area contributed by atoms with Crippen LogP contribution in [0, 0.1) is 13.8 Å². The van der Waals surface area contributed by atoms with Gasteiger partial charge < -0.3 is 10.2 Å². The van der Waals surface area contributed by atoms with Crippen LogP contribution in [0.2, 0.25) is 5.02 Å². The summed E-state index contributed by atoms with van der Waals surface area (Å²) in [5, 5.41) is 3.38. The van der Waals surface area contributed by atoms with Gasteiger partial charge in [0.05, 0.1) is 11.9 Å². The van der Waals surface area contributed by atoms with Gasteiger partial charge in [0.1, 0.15) is 12.6 Å². The summed E-state index contributed by atoms with van der Waals surface area (Å²) in [6.45, 7) is 8.62. The SMILES string of the molecule is Cc1cccc(C)c1N(CC(=O)N(Cc1ccc(Cl)cc1)C(C)C(=O)NC(C)C)S(C)(=O)=O. The number of benzene rings is 2. The number of amides is 2. The van der Waals surface area contributed by atoms with Crippen molar-refractivity contribution >= 4 is 39.1 Å². The fourth-order valence-electron chi connectivity index (χ4n) is 3.55. The topological polar surface area (TPSA) is 86.8 Å². The lowest BCUT2D eigenvalue weighted by molar-refractivity contribution is -0.139. The highest BCUT2D eigenvalue weighted by Gasteiger charge is 2.31. The molecule has 1 atom stereocenters. The first kappa shape index (κ1) is 26.7. The Hall–Kier alpha value is -2.58. The molecule has 0 aliphatic carbocycles. The van der Waals surface area contributed by atoms with Gasteiger partial charge >= 0.3 is 0 Å². The summed E-state index contributed by atoms with van der Waals surface area (Å²) in [5.41, 5.74) is 2.72. The van der Waals surface area contributed by atoms with Crippen molar-refractivity contribution in [2.24, 2.45) is 0 Å². The summed E-state index contributed by atoms with van der Waals surface area (Å²) in [6, 6.07) is 11.5. The number of carbonyl (C=O) groups is 2. The van der Waals surface area contributed by atoms with Gasteiger partial charge in [-0.3, -0.25) is 13.9 Å². The summed E-state index contributed by atoms with van der Waals surface area (Å²) >= 11 is 5.98. The number of anilines is 1. The maximum absolute atomic E-state index is 13.5. The van der Waals surface area contributed by atoms with Crippen LogP contribution in [0.15, 0.2) is 42.5 Å². The van der Waals surface area contributed by atoms with E-state index >= 15 is 0 Å². The van der Waals surface area contributed by atoms with Crippen LogP contribution >= 0.6 is 11.6 Å². The second kappa shape index (κ2) is 11.0. The number of nitrogens with zero attached hydrogens (tertiary/aromatic N) is 2. The Morgan fingerprint density at radius 2 is 1.55 bits per heavy atom. The predicted octanol–water partition coefficient (Wildman–Crippen LogP) is 3.66. The van der Waals surface area contributed by atoms with Crippen molar-refractivity contribution in [3.63, 3.8) is 0 Å². The van der Waals surface area contributed by atoms with E-state index in [1.54, 1.807) is 57.2 Å². The van der Waals surface area contributed by atoms with Crippen LogP contribution < -0.4 is 9.62 Å². The van der Waals surface area contributed by atoms with E-state index in [0.717, 1.165) is 27.3 Å². The molecule has 2 rings (SSSR count). The van der Waals surface area contributed by atoms with E-state index in [0.29, 0.717) is 10.7 Å². The van der Waals surface area contributed by atoms with Crippen molar-refractivity contribution in [1.29, 1.82) is 0 Å². The van der Waals surface area contributed by atoms with Crippen LogP contribution in [0.5, 0.6) is 0 Å². The van der Waals surface area contributed by atoms with Gasteiger partial charge in [-0.15, -0.1) is 0 Å². The van der Waals surface area contributed by atoms with Crippen molar-refractivity contribution in [3.05, 3.63) is 64.2 Å². The molecule has 1 N–H and O–H groups in total. The smallest absolute Gasteiger partial charge is 0.244 e. The maximum atomic E-state index is 13.5. The summed E-state index contributed by atoms with van der Waals surface area (Å²) in [4.78, 5) is 27.7. The molecular formula is C24H32ClN3O4S. The van der Waals surface area contributed by atoms with Gasteiger partial charge in [0.25, 0.3) is 0 Å². The van der Waals surface area contributed by atoms with Crippen LogP contribution in [0.1, 0.15) is 37.5 Å². The molecule has 7 nitrogen and oxygen atoms in total. The molecule has 0 aromatic heterocycles. The first-order valence-electron chi connectivity index (χ1n) is 10.7. The number of rotatable bonds is 9. The predicted molar refractivity (Wildman–Crippen MR) is 133 cm³/mol. The van der Waals surface area contributed by atoms with E-state index in [-0.39, 0.29) is 18.5 Å². The number of hydrogen-bond donors (Lipinski definition) is 1. The lowest BCUT2D eigenvalue weighted by Gasteiger charge is -2.32. The van der Waals surface area contributed by atoms with Gasteiger partial charge in [-0.1, -0.05) is 41.9 Å². The van der Waals surface area contributed by atoms with Gasteiger partial charge in [-0.25, -0.2) is 8.42 Å². The molecule has 2 aromatic rings. The fraction of sp³-hybridized carbons (Fsp3) is 0.417. The van der Waals surface area contributed by atoms with E-state index in [1.807, 2.05) is 19.9 Å². The van der Waals surface area contributed by atoms with Gasteiger partial charge in [0.15, 0.2) is 0 Å². The molecule has 33 heavy (non-hydrogen) atoms. The van der Waals surface area contributed by atoms with E-state index in [9.17, 15) is 18.0 Å². The Morgan fingerprint density at radius 3 is 2.03 bits per heavy atom. The van der Waals surface area contributed by atoms with Gasteiger partial charge in [0, 0.05) is 17.6 Å². The molecule has 0 aliphatic rings. The van der Waals surface area contributed by atoms with E-state index in [1.165, 1.54) is 4.90 Å². The van der Waals surface area contributed by atoms with Crippen LogP contribution in [0.3, 0.4) is 0 Å². The average molecular weight is 494 g/mol. The largest absolute Gasteiger partial charge is 0.352 e. The number of hydrogen-bond acceptors (Lipinski definition) is 4. The van der Waals surface area contributed by atoms with Crippen LogP contribution in [-0.2, 0) is 26.2 Å². The molecule has 0 bridgehead atoms. The van der Waals surface area contributed by atoms with E-state index in [4.69, 9.17) is 11.6 Å². The van der Waals surface area contributed by atoms with Gasteiger partial charge in [-0.2, -0.15) is 0 Å². The molecular weight excluding hydrogens is 462 g/mol. The number of para-hydroxylation sites is 1. The molecule has 1 unspecified atom stereocenters. The average Bonchev–Trinajstić information content (AvgIpc) is 2.70. The first-order chi connectivity index (χ1) is 15.3. The highest BCUT2D eigenvalue weighted by atomic mass is 35.5. The highest BCUT2D eigenvalue weighted by molar-refractivity contribution is 7.92. The molecule has 180 valence electrons. The van der Waals surface area contributed by atoms with Crippen molar-refractivity contribution in [3.8, 4) is 0 Å². The third-order valence-corrected chi connectivity index (χ3v) is 6.60. The summed E-state index contributed by atoms with van der Waals surface area (Å²) in [7, 11) is -3.77. The van der Waals surface area contributed by atoms with E-state index < -0.39 is 28.5 Å². The Kier molecular flexibility index (Phi) is 8.91. The zero-order valence-electron chi connectivity index (χ0n) is 19.9. The molecule has 2 aromatic carbocycles. The normalized spacial score (nSPS) is 12.4. The number of carbonyl (C=O) groups excluding carboxylic acids is 2. The van der Waals surface area contributed by atoms with Crippen molar-refractivity contribution in [2.75, 3.05) is 17.1 Å². The van der Waals surface area contributed by atoms with Gasteiger partial charge in [0.2, 0.25) is 21.8 Å². The molecule has 0 fully saturated rings. The number of halogens is 1. The minimum Gasteiger partial charge on any atom is -0.352 e. The molecule has 0 spiro atoms. The molecule has 0 saturated heterocycles. The summed E-state index contributed by atoms with van der Waals surface area (Å²) in [6.07, 6.45) is 1.07.